The van der Waals surface area contributed by atoms with Crippen LogP contribution in [0.15, 0.2) is 36.7 Å². The average molecular weight is 215 g/mol. The zero-order valence-electron chi connectivity index (χ0n) is 8.29. The van der Waals surface area contributed by atoms with Gasteiger partial charge in [0, 0.05) is 12.4 Å². The predicted molar refractivity (Wildman–Crippen MR) is 58.5 cm³/mol. The van der Waals surface area contributed by atoms with E-state index in [0.29, 0.717) is 17.3 Å². The number of hydrogen-bond acceptors (Lipinski definition) is 4. The van der Waals surface area contributed by atoms with E-state index in [1.807, 2.05) is 6.07 Å². The van der Waals surface area contributed by atoms with Crippen LogP contribution in [0.3, 0.4) is 0 Å². The lowest BCUT2D eigenvalue weighted by atomic mass is 10.3. The van der Waals surface area contributed by atoms with Gasteiger partial charge in [0.05, 0.1) is 0 Å². The summed E-state index contributed by atoms with van der Waals surface area (Å²) in [5, 5.41) is 2.37. The zero-order valence-corrected chi connectivity index (χ0v) is 8.29. The molecule has 0 spiro atoms. The predicted octanol–water partition coefficient (Wildman–Crippen LogP) is 1.03. The van der Waals surface area contributed by atoms with Crippen molar-refractivity contribution in [3.8, 4) is 11.5 Å². The fraction of sp³-hybridized carbons (Fsp3) is 0. The number of urea groups is 1. The van der Waals surface area contributed by atoms with Crippen LogP contribution in [0, 0.1) is 0 Å². The van der Waals surface area contributed by atoms with E-state index in [2.05, 4.69) is 20.3 Å². The Morgan fingerprint density at radius 2 is 2.06 bits per heavy atom. The van der Waals surface area contributed by atoms with Gasteiger partial charge in [0.2, 0.25) is 0 Å². The molecule has 2 rings (SSSR count). The number of pyridine rings is 1. The van der Waals surface area contributed by atoms with E-state index in [-0.39, 0.29) is 0 Å². The molecule has 2 amide bonds. The molecule has 2 heterocycles. The second kappa shape index (κ2) is 4.35. The van der Waals surface area contributed by atoms with Crippen molar-refractivity contribution in [2.24, 2.45) is 5.73 Å². The number of anilines is 1. The Hall–Kier alpha value is -2.50. The monoisotopic (exact) mass is 215 g/mol. The quantitative estimate of drug-likeness (QED) is 0.782. The number of carbonyl (C=O) groups excluding carboxylic acids is 1. The van der Waals surface area contributed by atoms with Crippen LogP contribution < -0.4 is 11.1 Å². The van der Waals surface area contributed by atoms with Crippen LogP contribution in [0.5, 0.6) is 0 Å². The topological polar surface area (TPSA) is 93.8 Å². The molecule has 2 aromatic heterocycles. The number of carbonyl (C=O) groups is 1. The van der Waals surface area contributed by atoms with Gasteiger partial charge in [0.25, 0.3) is 0 Å². The summed E-state index contributed by atoms with van der Waals surface area (Å²) in [6.45, 7) is 0. The van der Waals surface area contributed by atoms with Crippen molar-refractivity contribution >= 4 is 11.8 Å². The minimum atomic E-state index is -0.661. The maximum absolute atomic E-state index is 10.7. The molecule has 16 heavy (non-hydrogen) atoms. The van der Waals surface area contributed by atoms with Gasteiger partial charge >= 0.3 is 6.03 Å². The highest BCUT2D eigenvalue weighted by Gasteiger charge is 2.03. The van der Waals surface area contributed by atoms with Gasteiger partial charge in [-0.3, -0.25) is 10.3 Å². The molecule has 6 heteroatoms. The molecule has 0 unspecified atom stereocenters. The number of nitrogens with two attached hydrogens (primary N) is 1. The molecule has 0 atom stereocenters. The largest absolute Gasteiger partial charge is 0.351 e. The number of hydrogen-bond donors (Lipinski definition) is 2. The van der Waals surface area contributed by atoms with Gasteiger partial charge in [0.1, 0.15) is 11.5 Å². The molecule has 0 aliphatic heterocycles. The van der Waals surface area contributed by atoms with Gasteiger partial charge in [-0.05, 0) is 18.2 Å². The lowest BCUT2D eigenvalue weighted by Crippen LogP contribution is -2.20. The third kappa shape index (κ3) is 2.30. The molecular weight excluding hydrogens is 206 g/mol. The molecule has 0 aromatic carbocycles. The molecule has 3 N–H and O–H groups in total. The average Bonchev–Trinajstić information content (AvgIpc) is 2.30. The summed E-state index contributed by atoms with van der Waals surface area (Å²) >= 11 is 0. The Bertz CT molecular complexity index is 500. The highest BCUT2D eigenvalue weighted by molar-refractivity contribution is 5.86. The lowest BCUT2D eigenvalue weighted by Gasteiger charge is -2.02. The second-order valence-electron chi connectivity index (χ2n) is 2.97. The van der Waals surface area contributed by atoms with Gasteiger partial charge in [0.15, 0.2) is 5.82 Å². The second-order valence-corrected chi connectivity index (χ2v) is 2.97. The summed E-state index contributed by atoms with van der Waals surface area (Å²) in [5.41, 5.74) is 5.62. The summed E-state index contributed by atoms with van der Waals surface area (Å²) in [6, 6.07) is 6.31. The molecule has 0 aliphatic carbocycles. The van der Waals surface area contributed by atoms with Gasteiger partial charge in [-0.15, -0.1) is 0 Å². The number of amides is 2. The first-order valence-electron chi connectivity index (χ1n) is 4.56. The Kier molecular flexibility index (Phi) is 2.73. The minimum Gasteiger partial charge on any atom is -0.351 e. The number of aromatic nitrogens is 3. The van der Waals surface area contributed by atoms with Gasteiger partial charge < -0.3 is 5.73 Å². The van der Waals surface area contributed by atoms with Crippen LogP contribution in [-0.4, -0.2) is 21.0 Å². The van der Waals surface area contributed by atoms with Crippen LogP contribution >= 0.6 is 0 Å². The first kappa shape index (κ1) is 10.0. The molecule has 0 fully saturated rings. The van der Waals surface area contributed by atoms with Gasteiger partial charge in [-0.2, -0.15) is 0 Å². The SMILES string of the molecule is NC(=O)Nc1ccnc(-c2ccccn2)n1. The van der Waals surface area contributed by atoms with Crippen molar-refractivity contribution in [1.82, 2.24) is 15.0 Å². The normalized spacial score (nSPS) is 9.75. The maximum atomic E-state index is 10.7. The minimum absolute atomic E-state index is 0.350. The van der Waals surface area contributed by atoms with Gasteiger partial charge in [-0.25, -0.2) is 14.8 Å². The highest BCUT2D eigenvalue weighted by atomic mass is 16.2. The van der Waals surface area contributed by atoms with Crippen LogP contribution in [0.25, 0.3) is 11.5 Å². The summed E-state index contributed by atoms with van der Waals surface area (Å²) in [6.07, 6.45) is 3.18. The Labute approximate surface area is 91.6 Å². The maximum Gasteiger partial charge on any atom is 0.317 e. The van der Waals surface area contributed by atoms with Crippen molar-refractivity contribution in [2.45, 2.75) is 0 Å². The summed E-state index contributed by atoms with van der Waals surface area (Å²) in [4.78, 5) is 22.9. The third-order valence-corrected chi connectivity index (χ3v) is 1.80. The van der Waals surface area contributed by atoms with E-state index in [0.717, 1.165) is 0 Å². The first-order chi connectivity index (χ1) is 7.75. The molecule has 0 saturated heterocycles. The van der Waals surface area contributed by atoms with Crippen molar-refractivity contribution in [2.75, 3.05) is 5.32 Å². The first-order valence-corrected chi connectivity index (χ1v) is 4.56. The fourth-order valence-corrected chi connectivity index (χ4v) is 1.17. The fourth-order valence-electron chi connectivity index (χ4n) is 1.17. The van der Waals surface area contributed by atoms with Crippen LogP contribution in [0.1, 0.15) is 0 Å². The molecular formula is C10H9N5O. The van der Waals surface area contributed by atoms with Crippen molar-refractivity contribution < 1.29 is 4.79 Å². The number of primary amides is 1. The molecule has 0 radical (unpaired) electrons. The summed E-state index contributed by atoms with van der Waals surface area (Å²) in [7, 11) is 0. The van der Waals surface area contributed by atoms with Crippen molar-refractivity contribution in [3.05, 3.63) is 36.7 Å². The number of nitrogens with zero attached hydrogens (tertiary/aromatic N) is 3. The van der Waals surface area contributed by atoms with Crippen LogP contribution in [-0.2, 0) is 0 Å². The molecule has 6 nitrogen and oxygen atoms in total. The summed E-state index contributed by atoms with van der Waals surface area (Å²) in [5.74, 6) is 0.787. The molecule has 0 bridgehead atoms. The molecule has 2 aromatic rings. The van der Waals surface area contributed by atoms with Crippen LogP contribution in [0.4, 0.5) is 10.6 Å². The van der Waals surface area contributed by atoms with Crippen molar-refractivity contribution in [1.29, 1.82) is 0 Å². The molecule has 0 aliphatic rings. The Morgan fingerprint density at radius 1 is 1.19 bits per heavy atom. The van der Waals surface area contributed by atoms with E-state index in [1.165, 1.54) is 6.20 Å². The van der Waals surface area contributed by atoms with Crippen LogP contribution in [0.2, 0.25) is 0 Å². The van der Waals surface area contributed by atoms with E-state index in [1.54, 1.807) is 24.4 Å². The zero-order chi connectivity index (χ0) is 11.4. The number of nitrogens with one attached hydrogen (secondary N) is 1. The highest BCUT2D eigenvalue weighted by Crippen LogP contribution is 2.12. The van der Waals surface area contributed by atoms with E-state index < -0.39 is 6.03 Å². The van der Waals surface area contributed by atoms with Crippen molar-refractivity contribution in [3.63, 3.8) is 0 Å². The lowest BCUT2D eigenvalue weighted by molar-refractivity contribution is 0.259. The van der Waals surface area contributed by atoms with E-state index in [9.17, 15) is 4.79 Å². The Balaban J connectivity index is 2.33. The number of rotatable bonds is 2. The standard InChI is InChI=1S/C10H9N5O/c11-10(16)15-8-4-6-13-9(14-8)7-3-1-2-5-12-7/h1-6H,(H3,11,13,14,15,16). The summed E-state index contributed by atoms with van der Waals surface area (Å²) < 4.78 is 0. The van der Waals surface area contributed by atoms with Gasteiger partial charge in [-0.1, -0.05) is 6.07 Å². The Morgan fingerprint density at radius 3 is 2.75 bits per heavy atom. The van der Waals surface area contributed by atoms with E-state index in [4.69, 9.17) is 5.73 Å². The van der Waals surface area contributed by atoms with E-state index >= 15 is 0 Å². The molecule has 0 saturated carbocycles. The third-order valence-electron chi connectivity index (χ3n) is 1.80. The smallest absolute Gasteiger partial charge is 0.317 e. The molecule has 80 valence electrons.